The first-order chi connectivity index (χ1) is 26.3. The summed E-state index contributed by atoms with van der Waals surface area (Å²) >= 11 is 1.83. The molecular weight excluding hydrogens is 669 g/mol. The van der Waals surface area contributed by atoms with Crippen LogP contribution in [0, 0.1) is 0 Å². The standard InChI is InChI=1S/C48H28N2O2S/c1-4-14-38-32(10-1)36-26-29(20-23-39(36)49(38)31-22-25-45-37(28-31)34-12-3-6-17-43(34)51-45)30-21-24-41-47(27-30)53-46-19-8-5-15-40(46)50(41)42-16-9-13-35-33-11-2-7-18-44(33)52-48(35)42/h1-28H. The zero-order valence-electron chi connectivity index (χ0n) is 28.3. The van der Waals surface area contributed by atoms with Gasteiger partial charge in [-0.1, -0.05) is 103 Å². The summed E-state index contributed by atoms with van der Waals surface area (Å²) < 4.78 is 15.1. The van der Waals surface area contributed by atoms with E-state index in [1.807, 2.05) is 36.0 Å². The van der Waals surface area contributed by atoms with Gasteiger partial charge in [0.05, 0.1) is 28.1 Å². The van der Waals surface area contributed by atoms with Crippen LogP contribution in [0.5, 0.6) is 0 Å². The maximum absolute atomic E-state index is 6.55. The molecule has 5 heteroatoms. The van der Waals surface area contributed by atoms with Crippen LogP contribution in [0.15, 0.2) is 188 Å². The largest absolute Gasteiger partial charge is 0.456 e. The molecule has 0 atom stereocenters. The highest BCUT2D eigenvalue weighted by atomic mass is 32.2. The fraction of sp³-hybridized carbons (Fsp3) is 0. The number of benzene rings is 8. The van der Waals surface area contributed by atoms with Crippen LogP contribution in [0.4, 0.5) is 17.1 Å². The lowest BCUT2D eigenvalue weighted by atomic mass is 10.0. The summed E-state index contributed by atoms with van der Waals surface area (Å²) in [4.78, 5) is 4.79. The molecule has 8 aromatic carbocycles. The second-order valence-electron chi connectivity index (χ2n) is 13.7. The van der Waals surface area contributed by atoms with Crippen LogP contribution in [0.1, 0.15) is 0 Å². The number of para-hydroxylation sites is 5. The van der Waals surface area contributed by atoms with Crippen LogP contribution in [0.3, 0.4) is 0 Å². The Kier molecular flexibility index (Phi) is 5.96. The Morgan fingerprint density at radius 3 is 1.92 bits per heavy atom. The third-order valence-corrected chi connectivity index (χ3v) is 11.9. The van der Waals surface area contributed by atoms with E-state index >= 15 is 0 Å². The highest BCUT2D eigenvalue weighted by Gasteiger charge is 2.28. The van der Waals surface area contributed by atoms with Gasteiger partial charge in [-0.15, -0.1) is 0 Å². The molecule has 12 rings (SSSR count). The van der Waals surface area contributed by atoms with Gasteiger partial charge in [0, 0.05) is 47.8 Å². The van der Waals surface area contributed by atoms with Crippen LogP contribution >= 0.6 is 11.8 Å². The van der Waals surface area contributed by atoms with Gasteiger partial charge in [0.1, 0.15) is 16.7 Å². The third-order valence-electron chi connectivity index (χ3n) is 10.8. The summed E-state index contributed by atoms with van der Waals surface area (Å²) in [6.07, 6.45) is 0. The van der Waals surface area contributed by atoms with Crippen molar-refractivity contribution in [2.75, 3.05) is 4.90 Å². The van der Waals surface area contributed by atoms with E-state index in [0.29, 0.717) is 0 Å². The van der Waals surface area contributed by atoms with E-state index < -0.39 is 0 Å². The first-order valence-corrected chi connectivity index (χ1v) is 18.7. The summed E-state index contributed by atoms with van der Waals surface area (Å²) in [5.74, 6) is 0. The lowest BCUT2D eigenvalue weighted by Gasteiger charge is -2.33. The van der Waals surface area contributed by atoms with Crippen molar-refractivity contribution in [1.82, 2.24) is 4.57 Å². The van der Waals surface area contributed by atoms with Crippen molar-refractivity contribution in [1.29, 1.82) is 0 Å². The molecule has 4 heterocycles. The normalized spacial score (nSPS) is 12.8. The van der Waals surface area contributed by atoms with Gasteiger partial charge in [-0.25, -0.2) is 0 Å². The van der Waals surface area contributed by atoms with Crippen molar-refractivity contribution in [3.05, 3.63) is 170 Å². The van der Waals surface area contributed by atoms with Crippen molar-refractivity contribution >= 4 is 94.5 Å². The van der Waals surface area contributed by atoms with Crippen LogP contribution in [-0.4, -0.2) is 4.57 Å². The molecule has 0 bridgehead atoms. The van der Waals surface area contributed by atoms with Gasteiger partial charge in [-0.3, -0.25) is 0 Å². The highest BCUT2D eigenvalue weighted by molar-refractivity contribution is 7.99. The number of rotatable bonds is 3. The maximum atomic E-state index is 6.55. The molecular formula is C48H28N2O2S. The van der Waals surface area contributed by atoms with E-state index in [-0.39, 0.29) is 0 Å². The lowest BCUT2D eigenvalue weighted by Crippen LogP contribution is -2.15. The van der Waals surface area contributed by atoms with Crippen molar-refractivity contribution < 1.29 is 8.83 Å². The minimum atomic E-state index is 0.896. The highest BCUT2D eigenvalue weighted by Crippen LogP contribution is 2.54. The second-order valence-corrected chi connectivity index (χ2v) is 14.8. The molecule has 1 aliphatic heterocycles. The number of aromatic nitrogens is 1. The molecule has 53 heavy (non-hydrogen) atoms. The van der Waals surface area contributed by atoms with Crippen molar-refractivity contribution in [2.24, 2.45) is 0 Å². The van der Waals surface area contributed by atoms with Crippen molar-refractivity contribution in [3.8, 4) is 16.8 Å². The smallest absolute Gasteiger partial charge is 0.159 e. The van der Waals surface area contributed by atoms with E-state index in [1.54, 1.807) is 0 Å². The lowest BCUT2D eigenvalue weighted by molar-refractivity contribution is 0.668. The van der Waals surface area contributed by atoms with E-state index in [2.05, 4.69) is 155 Å². The molecule has 0 fully saturated rings. The van der Waals surface area contributed by atoms with Gasteiger partial charge in [-0.05, 0) is 90.0 Å². The van der Waals surface area contributed by atoms with Crippen LogP contribution in [-0.2, 0) is 0 Å². The van der Waals surface area contributed by atoms with E-state index in [1.165, 1.54) is 42.7 Å². The zero-order chi connectivity index (χ0) is 34.6. The summed E-state index contributed by atoms with van der Waals surface area (Å²) in [7, 11) is 0. The molecule has 0 amide bonds. The van der Waals surface area contributed by atoms with Gasteiger partial charge < -0.3 is 18.3 Å². The topological polar surface area (TPSA) is 34.5 Å². The summed E-state index contributed by atoms with van der Waals surface area (Å²) in [6, 6.07) is 60.7. The Labute approximate surface area is 308 Å². The molecule has 0 spiro atoms. The number of fused-ring (bicyclic) bond motifs is 11. The maximum Gasteiger partial charge on any atom is 0.159 e. The molecule has 11 aromatic rings. The quantitative estimate of drug-likeness (QED) is 0.184. The molecule has 0 unspecified atom stereocenters. The summed E-state index contributed by atoms with van der Waals surface area (Å²) in [5, 5.41) is 6.97. The molecule has 1 aliphatic rings. The van der Waals surface area contributed by atoms with Gasteiger partial charge in [0.15, 0.2) is 5.58 Å². The van der Waals surface area contributed by atoms with E-state index in [4.69, 9.17) is 8.83 Å². The van der Waals surface area contributed by atoms with Crippen LogP contribution in [0.2, 0.25) is 0 Å². The van der Waals surface area contributed by atoms with E-state index in [9.17, 15) is 0 Å². The average Bonchev–Trinajstić information content (AvgIpc) is 3.89. The fourth-order valence-corrected chi connectivity index (χ4v) is 9.49. The first-order valence-electron chi connectivity index (χ1n) is 17.8. The minimum Gasteiger partial charge on any atom is -0.456 e. The van der Waals surface area contributed by atoms with Crippen LogP contribution < -0.4 is 4.90 Å². The molecule has 0 aliphatic carbocycles. The molecule has 0 radical (unpaired) electrons. The summed E-state index contributed by atoms with van der Waals surface area (Å²) in [5.41, 5.74) is 12.8. The second kappa shape index (κ2) is 10.9. The first kappa shape index (κ1) is 28.9. The van der Waals surface area contributed by atoms with Gasteiger partial charge in [0.25, 0.3) is 0 Å². The molecule has 3 aromatic heterocycles. The summed E-state index contributed by atoms with van der Waals surface area (Å²) in [6.45, 7) is 0. The molecule has 248 valence electrons. The predicted molar refractivity (Wildman–Crippen MR) is 220 cm³/mol. The van der Waals surface area contributed by atoms with E-state index in [0.717, 1.165) is 66.6 Å². The Morgan fingerprint density at radius 2 is 1.02 bits per heavy atom. The number of furan rings is 2. The van der Waals surface area contributed by atoms with Gasteiger partial charge in [0.2, 0.25) is 0 Å². The van der Waals surface area contributed by atoms with Gasteiger partial charge in [-0.2, -0.15) is 0 Å². The number of anilines is 3. The number of hydrogen-bond acceptors (Lipinski definition) is 4. The van der Waals surface area contributed by atoms with Crippen molar-refractivity contribution in [2.45, 2.75) is 9.79 Å². The average molecular weight is 697 g/mol. The minimum absolute atomic E-state index is 0.896. The zero-order valence-corrected chi connectivity index (χ0v) is 29.1. The van der Waals surface area contributed by atoms with Crippen LogP contribution in [0.25, 0.3) is 82.5 Å². The monoisotopic (exact) mass is 696 g/mol. The molecule has 0 saturated carbocycles. The predicted octanol–water partition coefficient (Wildman–Crippen LogP) is 14.2. The van der Waals surface area contributed by atoms with Gasteiger partial charge >= 0.3 is 0 Å². The van der Waals surface area contributed by atoms with Crippen molar-refractivity contribution in [3.63, 3.8) is 0 Å². The Hall–Kier alpha value is -6.69. The third kappa shape index (κ3) is 4.20. The SMILES string of the molecule is c1ccc2c(c1)Sc1cc(-c3ccc4c(c3)c3ccccc3n4-c3ccc4oc5ccccc5c4c3)ccc1N2c1cccc2c1oc1ccccc12. The number of hydrogen-bond donors (Lipinski definition) is 0. The molecule has 0 saturated heterocycles. The number of nitrogens with zero attached hydrogens (tertiary/aromatic N) is 2. The molecule has 4 nitrogen and oxygen atoms in total. The Morgan fingerprint density at radius 1 is 0.377 bits per heavy atom. The Bertz CT molecular complexity index is 3290. The Balaban J connectivity index is 1.01. The fourth-order valence-electron chi connectivity index (χ4n) is 8.39. The molecule has 0 N–H and O–H groups in total.